The molecule has 1 aromatic heterocycles. The van der Waals surface area contributed by atoms with E-state index in [1.807, 2.05) is 36.4 Å². The minimum atomic E-state index is -2.64. The van der Waals surface area contributed by atoms with Gasteiger partial charge in [-0.15, -0.1) is 0 Å². The Hall–Kier alpha value is -3.54. The lowest BCUT2D eigenvalue weighted by molar-refractivity contribution is -0.199. The number of aromatic nitrogens is 2. The van der Waals surface area contributed by atoms with Gasteiger partial charge < -0.3 is 30.5 Å². The van der Waals surface area contributed by atoms with Crippen molar-refractivity contribution in [3.63, 3.8) is 0 Å². The van der Waals surface area contributed by atoms with Crippen LogP contribution in [0, 0.1) is 5.82 Å². The third kappa shape index (κ3) is 8.50. The van der Waals surface area contributed by atoms with E-state index < -0.39 is 29.4 Å². The molecule has 4 aromatic rings. The number of nitrogens with one attached hydrogen (secondary N) is 1. The lowest BCUT2D eigenvalue weighted by Crippen LogP contribution is -2.51. The van der Waals surface area contributed by atoms with Crippen LogP contribution in [-0.2, 0) is 18.6 Å². The molecule has 4 rings (SSSR count). The average Bonchev–Trinajstić information content (AvgIpc) is 3.45. The molecule has 0 saturated carbocycles. The zero-order valence-corrected chi connectivity index (χ0v) is 24.1. The molecule has 1 atom stereocenters. The number of nitrogens with zero attached hydrogens (tertiary/aromatic N) is 2. The fourth-order valence-electron chi connectivity index (χ4n) is 4.20. The summed E-state index contributed by atoms with van der Waals surface area (Å²) in [5.74, 6) is -3.31. The molecule has 42 heavy (non-hydrogen) atoms. The molecule has 1 heterocycles. The minimum Gasteiger partial charge on any atom is -0.493 e. The van der Waals surface area contributed by atoms with Crippen LogP contribution in [0.3, 0.4) is 0 Å². The van der Waals surface area contributed by atoms with Crippen LogP contribution in [0.15, 0.2) is 71.3 Å². The second kappa shape index (κ2) is 14.6. The molecule has 9 nitrogen and oxygen atoms in total. The highest BCUT2D eigenvalue weighted by Gasteiger charge is 2.42. The number of benzene rings is 3. The standard InChI is InChI=1S/C30H31Cl2FN4O5/c31-24-13-6-20(17-25(24)32)14-16-41-23-11-4-19(5-12-23)18-27-36-29(37-42-27)30(39,40)26(3-1-2-15-34)35-28(38)21-7-9-22(33)10-8-21/h4-13,17,26,39-40H,1-3,14-16,18,34H2,(H,35,38)/t26-/m0/s1. The Kier molecular flexibility index (Phi) is 10.9. The first-order chi connectivity index (χ1) is 20.2. The Morgan fingerprint density at radius 3 is 2.43 bits per heavy atom. The largest absolute Gasteiger partial charge is 0.493 e. The summed E-state index contributed by atoms with van der Waals surface area (Å²) in [5.41, 5.74) is 7.57. The Labute approximate surface area is 252 Å². The van der Waals surface area contributed by atoms with Crippen LogP contribution in [0.4, 0.5) is 4.39 Å². The van der Waals surface area contributed by atoms with Gasteiger partial charge in [-0.3, -0.25) is 4.79 Å². The summed E-state index contributed by atoms with van der Waals surface area (Å²) in [4.78, 5) is 16.9. The molecule has 0 aliphatic heterocycles. The number of rotatable bonds is 14. The summed E-state index contributed by atoms with van der Waals surface area (Å²) in [6, 6.07) is 16.4. The van der Waals surface area contributed by atoms with Crippen LogP contribution >= 0.6 is 23.2 Å². The first kappa shape index (κ1) is 31.4. The molecule has 5 N–H and O–H groups in total. The van der Waals surface area contributed by atoms with E-state index in [4.69, 9.17) is 38.2 Å². The smallest absolute Gasteiger partial charge is 0.251 e. The van der Waals surface area contributed by atoms with E-state index in [1.54, 1.807) is 6.07 Å². The SMILES string of the molecule is NCCCC[C@H](NC(=O)c1ccc(F)cc1)C(O)(O)c1noc(Cc2ccc(OCCc3ccc(Cl)c(Cl)c3)cc2)n1. The predicted molar refractivity (Wildman–Crippen MR) is 156 cm³/mol. The normalized spacial score (nSPS) is 12.2. The molecule has 1 amide bonds. The number of carbonyl (C=O) groups is 1. The fourth-order valence-corrected chi connectivity index (χ4v) is 4.52. The maximum absolute atomic E-state index is 13.3. The number of amides is 1. The molecule has 0 radical (unpaired) electrons. The van der Waals surface area contributed by atoms with Gasteiger partial charge in [-0.1, -0.05) is 46.6 Å². The second-order valence-electron chi connectivity index (χ2n) is 9.72. The Morgan fingerprint density at radius 2 is 1.74 bits per heavy atom. The van der Waals surface area contributed by atoms with Gasteiger partial charge in [-0.05, 0) is 85.5 Å². The number of unbranched alkanes of at least 4 members (excludes halogenated alkanes) is 1. The van der Waals surface area contributed by atoms with Gasteiger partial charge in [0.1, 0.15) is 11.6 Å². The van der Waals surface area contributed by atoms with Crippen molar-refractivity contribution in [3.05, 3.63) is 111 Å². The summed E-state index contributed by atoms with van der Waals surface area (Å²) < 4.78 is 24.4. The number of halogens is 3. The van der Waals surface area contributed by atoms with Crippen LogP contribution in [0.1, 0.15) is 52.5 Å². The predicted octanol–water partition coefficient (Wildman–Crippen LogP) is 4.79. The zero-order chi connectivity index (χ0) is 30.1. The molecule has 0 aliphatic rings. The molecule has 0 unspecified atom stereocenters. The number of carbonyl (C=O) groups excluding carboxylic acids is 1. The van der Waals surface area contributed by atoms with Gasteiger partial charge >= 0.3 is 0 Å². The van der Waals surface area contributed by atoms with Crippen molar-refractivity contribution >= 4 is 29.1 Å². The Bertz CT molecular complexity index is 1470. The second-order valence-corrected chi connectivity index (χ2v) is 10.5. The molecule has 222 valence electrons. The lowest BCUT2D eigenvalue weighted by Gasteiger charge is -2.29. The van der Waals surface area contributed by atoms with Gasteiger partial charge in [0.2, 0.25) is 17.5 Å². The van der Waals surface area contributed by atoms with Crippen molar-refractivity contribution in [2.24, 2.45) is 5.73 Å². The van der Waals surface area contributed by atoms with Crippen LogP contribution in [0.2, 0.25) is 10.0 Å². The number of hydrogen-bond donors (Lipinski definition) is 4. The third-order valence-corrected chi connectivity index (χ3v) is 7.30. The van der Waals surface area contributed by atoms with Crippen molar-refractivity contribution in [1.82, 2.24) is 15.5 Å². The average molecular weight is 618 g/mol. The molecular weight excluding hydrogens is 586 g/mol. The monoisotopic (exact) mass is 616 g/mol. The van der Waals surface area contributed by atoms with Gasteiger partial charge in [-0.2, -0.15) is 4.98 Å². The van der Waals surface area contributed by atoms with Crippen molar-refractivity contribution in [2.45, 2.75) is 43.9 Å². The lowest BCUT2D eigenvalue weighted by atomic mass is 9.99. The van der Waals surface area contributed by atoms with Gasteiger partial charge in [0.05, 0.1) is 29.1 Å². The molecule has 0 aliphatic carbocycles. The highest BCUT2D eigenvalue weighted by Crippen LogP contribution is 2.25. The fraction of sp³-hybridized carbons (Fsp3) is 0.300. The summed E-state index contributed by atoms with van der Waals surface area (Å²) in [7, 11) is 0. The van der Waals surface area contributed by atoms with E-state index in [0.29, 0.717) is 48.2 Å². The van der Waals surface area contributed by atoms with E-state index in [1.165, 1.54) is 12.1 Å². The topological polar surface area (TPSA) is 144 Å². The molecular formula is C30H31Cl2FN4O5. The molecule has 0 bridgehead atoms. The number of nitrogens with two attached hydrogens (primary N) is 1. The first-order valence-electron chi connectivity index (χ1n) is 13.4. The quantitative estimate of drug-likeness (QED) is 0.117. The van der Waals surface area contributed by atoms with Crippen LogP contribution in [0.5, 0.6) is 5.75 Å². The number of aliphatic hydroxyl groups is 2. The molecule has 0 fully saturated rings. The van der Waals surface area contributed by atoms with E-state index >= 15 is 0 Å². The molecule has 3 aromatic carbocycles. The number of ether oxygens (including phenoxy) is 1. The van der Waals surface area contributed by atoms with Crippen LogP contribution < -0.4 is 15.8 Å². The van der Waals surface area contributed by atoms with E-state index in [0.717, 1.165) is 23.3 Å². The summed E-state index contributed by atoms with van der Waals surface area (Å²) in [5, 5.41) is 29.4. The van der Waals surface area contributed by atoms with Gasteiger partial charge in [0, 0.05) is 12.0 Å². The molecule has 0 spiro atoms. The van der Waals surface area contributed by atoms with Crippen molar-refractivity contribution in [3.8, 4) is 5.75 Å². The Morgan fingerprint density at radius 1 is 1.02 bits per heavy atom. The van der Waals surface area contributed by atoms with Crippen molar-refractivity contribution in [1.29, 1.82) is 0 Å². The zero-order valence-electron chi connectivity index (χ0n) is 22.6. The van der Waals surface area contributed by atoms with Gasteiger partial charge in [-0.25, -0.2) is 4.39 Å². The van der Waals surface area contributed by atoms with E-state index in [2.05, 4.69) is 15.5 Å². The number of hydrogen-bond acceptors (Lipinski definition) is 8. The highest BCUT2D eigenvalue weighted by atomic mass is 35.5. The summed E-state index contributed by atoms with van der Waals surface area (Å²) in [6.07, 6.45) is 2.16. The third-order valence-electron chi connectivity index (χ3n) is 6.56. The van der Waals surface area contributed by atoms with Crippen LogP contribution in [-0.4, -0.2) is 45.5 Å². The van der Waals surface area contributed by atoms with Gasteiger partial charge in [0.25, 0.3) is 5.91 Å². The minimum absolute atomic E-state index is 0.149. The van der Waals surface area contributed by atoms with Crippen molar-refractivity contribution < 1.29 is 28.7 Å². The van der Waals surface area contributed by atoms with E-state index in [9.17, 15) is 19.4 Å². The first-order valence-corrected chi connectivity index (χ1v) is 14.1. The summed E-state index contributed by atoms with van der Waals surface area (Å²) >= 11 is 12.0. The highest BCUT2D eigenvalue weighted by molar-refractivity contribution is 6.42. The Balaban J connectivity index is 1.37. The maximum atomic E-state index is 13.3. The van der Waals surface area contributed by atoms with E-state index in [-0.39, 0.29) is 24.3 Å². The maximum Gasteiger partial charge on any atom is 0.251 e. The molecule has 0 saturated heterocycles. The van der Waals surface area contributed by atoms with Crippen LogP contribution in [0.25, 0.3) is 0 Å². The van der Waals surface area contributed by atoms with Crippen molar-refractivity contribution in [2.75, 3.05) is 13.2 Å². The van der Waals surface area contributed by atoms with Gasteiger partial charge in [0.15, 0.2) is 0 Å². The summed E-state index contributed by atoms with van der Waals surface area (Å²) in [6.45, 7) is 0.847. The molecule has 12 heteroatoms.